The highest BCUT2D eigenvalue weighted by molar-refractivity contribution is 7.25. The quantitative estimate of drug-likeness (QED) is 0.187. The Balaban J connectivity index is 1.12. The van der Waals surface area contributed by atoms with Crippen LogP contribution in [0.2, 0.25) is 0 Å². The van der Waals surface area contributed by atoms with Crippen molar-refractivity contribution in [2.75, 3.05) is 0 Å². The van der Waals surface area contributed by atoms with Crippen LogP contribution in [0.15, 0.2) is 162 Å². The number of para-hydroxylation sites is 2. The van der Waals surface area contributed by atoms with E-state index in [0.29, 0.717) is 17.5 Å². The second kappa shape index (κ2) is 10.9. The Bertz CT molecular complexity index is 3140. The van der Waals surface area contributed by atoms with Crippen LogP contribution < -0.4 is 0 Å². The van der Waals surface area contributed by atoms with Gasteiger partial charge in [-0.15, -0.1) is 11.3 Å². The Morgan fingerprint density at radius 1 is 0.431 bits per heavy atom. The van der Waals surface area contributed by atoms with E-state index in [1.807, 2.05) is 30.3 Å². The number of thiophene rings is 1. The molecule has 0 unspecified atom stereocenters. The lowest BCUT2D eigenvalue weighted by Gasteiger charge is -2.09. The summed E-state index contributed by atoms with van der Waals surface area (Å²) in [6.07, 6.45) is 0. The molecular weight excluding hydrogens is 645 g/mol. The maximum absolute atomic E-state index is 6.63. The molecule has 0 spiro atoms. The van der Waals surface area contributed by atoms with Crippen molar-refractivity contribution in [3.63, 3.8) is 0 Å². The van der Waals surface area contributed by atoms with Gasteiger partial charge < -0.3 is 8.98 Å². The number of hydrogen-bond donors (Lipinski definition) is 0. The highest BCUT2D eigenvalue weighted by Crippen LogP contribution is 2.41. The number of benzene rings is 7. The molecule has 0 fully saturated rings. The fourth-order valence-corrected chi connectivity index (χ4v) is 8.67. The molecule has 4 heterocycles. The molecule has 0 aliphatic rings. The zero-order chi connectivity index (χ0) is 33.5. The number of hydrogen-bond acceptors (Lipinski definition) is 5. The van der Waals surface area contributed by atoms with Crippen LogP contribution in [0.5, 0.6) is 0 Å². The first-order valence-corrected chi connectivity index (χ1v) is 17.8. The number of furan rings is 1. The minimum atomic E-state index is 0.601. The van der Waals surface area contributed by atoms with E-state index < -0.39 is 0 Å². The van der Waals surface area contributed by atoms with Gasteiger partial charge in [-0.2, -0.15) is 0 Å². The molecule has 0 bridgehead atoms. The lowest BCUT2D eigenvalue weighted by molar-refractivity contribution is 0.669. The van der Waals surface area contributed by atoms with E-state index in [1.165, 1.54) is 31.1 Å². The predicted octanol–water partition coefficient (Wildman–Crippen LogP) is 12.2. The van der Waals surface area contributed by atoms with Gasteiger partial charge in [0.25, 0.3) is 0 Å². The maximum Gasteiger partial charge on any atom is 0.164 e. The van der Waals surface area contributed by atoms with Crippen molar-refractivity contribution in [3.05, 3.63) is 158 Å². The van der Waals surface area contributed by atoms with E-state index in [9.17, 15) is 0 Å². The van der Waals surface area contributed by atoms with Crippen molar-refractivity contribution in [2.45, 2.75) is 0 Å². The van der Waals surface area contributed by atoms with Crippen molar-refractivity contribution < 1.29 is 4.42 Å². The SMILES string of the molecule is c1ccc(-c2nc(-c3ccc4c(c3)oc3cc5c6ccccc6n(-c6ccccc6)c5cc34)nc(-c3cccc4sc5ccccc5c34)n2)cc1. The Morgan fingerprint density at radius 3 is 1.98 bits per heavy atom. The number of aromatic nitrogens is 4. The minimum absolute atomic E-state index is 0.601. The molecule has 0 radical (unpaired) electrons. The van der Waals surface area contributed by atoms with Crippen molar-refractivity contribution >= 4 is 75.3 Å². The highest BCUT2D eigenvalue weighted by Gasteiger charge is 2.19. The van der Waals surface area contributed by atoms with E-state index in [4.69, 9.17) is 19.4 Å². The molecule has 0 aliphatic carbocycles. The Morgan fingerprint density at radius 2 is 1.12 bits per heavy atom. The Kier molecular flexibility index (Phi) is 6.05. The summed E-state index contributed by atoms with van der Waals surface area (Å²) >= 11 is 1.79. The van der Waals surface area contributed by atoms with E-state index in [0.717, 1.165) is 55.2 Å². The third-order valence-corrected chi connectivity index (χ3v) is 11.0. The van der Waals surface area contributed by atoms with Gasteiger partial charge in [-0.1, -0.05) is 103 Å². The van der Waals surface area contributed by atoms with E-state index in [1.54, 1.807) is 11.3 Å². The van der Waals surface area contributed by atoms with E-state index >= 15 is 0 Å². The molecule has 0 amide bonds. The molecule has 0 saturated heterocycles. The lowest BCUT2D eigenvalue weighted by atomic mass is 10.1. The third kappa shape index (κ3) is 4.37. The molecule has 0 saturated carbocycles. The van der Waals surface area contributed by atoms with Gasteiger partial charge in [0, 0.05) is 64.1 Å². The monoisotopic (exact) mass is 670 g/mol. The van der Waals surface area contributed by atoms with Crippen molar-refractivity contribution in [2.24, 2.45) is 0 Å². The van der Waals surface area contributed by atoms with E-state index in [2.05, 4.69) is 132 Å². The molecule has 238 valence electrons. The molecule has 11 aromatic rings. The van der Waals surface area contributed by atoms with Crippen LogP contribution in [-0.2, 0) is 0 Å². The van der Waals surface area contributed by atoms with Crippen molar-refractivity contribution in [3.8, 4) is 39.9 Å². The molecule has 0 N–H and O–H groups in total. The predicted molar refractivity (Wildman–Crippen MR) is 211 cm³/mol. The van der Waals surface area contributed by atoms with Gasteiger partial charge in [-0.05, 0) is 54.6 Å². The molecule has 7 aromatic carbocycles. The summed E-state index contributed by atoms with van der Waals surface area (Å²) in [5.74, 6) is 1.88. The van der Waals surface area contributed by atoms with Gasteiger partial charge in [0.1, 0.15) is 11.2 Å². The molecular formula is C45H26N4OS. The summed E-state index contributed by atoms with van der Waals surface area (Å²) in [5, 5.41) is 6.85. The maximum atomic E-state index is 6.63. The molecule has 0 aliphatic heterocycles. The van der Waals surface area contributed by atoms with Crippen LogP contribution in [0, 0.1) is 0 Å². The summed E-state index contributed by atoms with van der Waals surface area (Å²) in [5.41, 5.74) is 7.89. The summed E-state index contributed by atoms with van der Waals surface area (Å²) in [7, 11) is 0. The van der Waals surface area contributed by atoms with E-state index in [-0.39, 0.29) is 0 Å². The smallest absolute Gasteiger partial charge is 0.164 e. The van der Waals surface area contributed by atoms with Crippen molar-refractivity contribution in [1.82, 2.24) is 19.5 Å². The topological polar surface area (TPSA) is 56.7 Å². The first-order chi connectivity index (χ1) is 25.3. The number of nitrogens with zero attached hydrogens (tertiary/aromatic N) is 4. The molecule has 51 heavy (non-hydrogen) atoms. The second-order valence-corrected chi connectivity index (χ2v) is 13.9. The average Bonchev–Trinajstić information content (AvgIpc) is 3.86. The number of fused-ring (bicyclic) bond motifs is 9. The van der Waals surface area contributed by atoms with Crippen LogP contribution in [0.25, 0.3) is 104 Å². The molecule has 5 nitrogen and oxygen atoms in total. The average molecular weight is 671 g/mol. The standard InChI is InChI=1S/C45H26N4OS/c1-3-12-27(13-4-1)43-46-44(48-45(47-43)33-18-11-21-41-42(33)32-17-8-10-20-40(32)51-41)28-22-23-31-35-25-37-34(26-39(35)50-38(31)24-28)30-16-7-9-19-36(30)49(37)29-14-5-2-6-15-29/h1-26H. The summed E-state index contributed by atoms with van der Waals surface area (Å²) in [6, 6.07) is 54.9. The fraction of sp³-hybridized carbons (Fsp3) is 0. The van der Waals surface area contributed by atoms with Gasteiger partial charge in [0.2, 0.25) is 0 Å². The molecule has 6 heteroatoms. The zero-order valence-electron chi connectivity index (χ0n) is 27.1. The summed E-state index contributed by atoms with van der Waals surface area (Å²) in [4.78, 5) is 15.3. The normalized spacial score (nSPS) is 11.9. The first kappa shape index (κ1) is 28.2. The molecule has 11 rings (SSSR count). The first-order valence-electron chi connectivity index (χ1n) is 16.9. The summed E-state index contributed by atoms with van der Waals surface area (Å²) in [6.45, 7) is 0. The molecule has 4 aromatic heterocycles. The lowest BCUT2D eigenvalue weighted by Crippen LogP contribution is -2.00. The van der Waals surface area contributed by atoms with Gasteiger partial charge in [0.15, 0.2) is 17.5 Å². The Hall–Kier alpha value is -6.63. The second-order valence-electron chi connectivity index (χ2n) is 12.8. The van der Waals surface area contributed by atoms with Gasteiger partial charge in [-0.3, -0.25) is 0 Å². The molecule has 0 atom stereocenters. The fourth-order valence-electron chi connectivity index (χ4n) is 7.54. The van der Waals surface area contributed by atoms with Crippen LogP contribution in [-0.4, -0.2) is 19.5 Å². The van der Waals surface area contributed by atoms with Crippen LogP contribution in [0.3, 0.4) is 0 Å². The van der Waals surface area contributed by atoms with Crippen LogP contribution in [0.4, 0.5) is 0 Å². The highest BCUT2D eigenvalue weighted by atomic mass is 32.1. The number of rotatable bonds is 4. The Labute approximate surface area is 295 Å². The minimum Gasteiger partial charge on any atom is -0.456 e. The van der Waals surface area contributed by atoms with Gasteiger partial charge in [-0.25, -0.2) is 15.0 Å². The third-order valence-electron chi connectivity index (χ3n) is 9.85. The summed E-state index contributed by atoms with van der Waals surface area (Å²) < 4.78 is 11.4. The van der Waals surface area contributed by atoms with Crippen molar-refractivity contribution in [1.29, 1.82) is 0 Å². The zero-order valence-corrected chi connectivity index (χ0v) is 27.9. The van der Waals surface area contributed by atoms with Crippen LogP contribution in [0.1, 0.15) is 0 Å². The largest absolute Gasteiger partial charge is 0.456 e. The van der Waals surface area contributed by atoms with Gasteiger partial charge in [0.05, 0.1) is 11.0 Å². The van der Waals surface area contributed by atoms with Gasteiger partial charge >= 0.3 is 0 Å². The van der Waals surface area contributed by atoms with Crippen LogP contribution >= 0.6 is 11.3 Å².